The Bertz CT molecular complexity index is 1590. The SMILES string of the molecule is Clc1ccc(-c2cc3ccccc3c3ccccc23)c(-c2cccc3ccccc23)c1. The van der Waals surface area contributed by atoms with Gasteiger partial charge in [0, 0.05) is 5.02 Å². The molecule has 0 nitrogen and oxygen atoms in total. The van der Waals surface area contributed by atoms with E-state index in [0.717, 1.165) is 10.6 Å². The van der Waals surface area contributed by atoms with Gasteiger partial charge < -0.3 is 0 Å². The van der Waals surface area contributed by atoms with Crippen molar-refractivity contribution >= 4 is 43.9 Å². The van der Waals surface area contributed by atoms with Crippen molar-refractivity contribution in [3.05, 3.63) is 120 Å². The first kappa shape index (κ1) is 18.2. The Morgan fingerprint density at radius 3 is 1.84 bits per heavy atom. The Kier molecular flexibility index (Phi) is 4.26. The molecule has 0 unspecified atom stereocenters. The summed E-state index contributed by atoms with van der Waals surface area (Å²) in [4.78, 5) is 0. The van der Waals surface area contributed by atoms with E-state index in [2.05, 4.69) is 109 Å². The van der Waals surface area contributed by atoms with Crippen LogP contribution in [0.25, 0.3) is 54.6 Å². The lowest BCUT2D eigenvalue weighted by atomic mass is 9.87. The molecule has 6 aromatic rings. The molecule has 6 rings (SSSR count). The van der Waals surface area contributed by atoms with Crippen LogP contribution in [0, 0.1) is 0 Å². The van der Waals surface area contributed by atoms with Crippen LogP contribution >= 0.6 is 11.6 Å². The van der Waals surface area contributed by atoms with Crippen LogP contribution in [0.4, 0.5) is 0 Å². The van der Waals surface area contributed by atoms with Gasteiger partial charge in [-0.3, -0.25) is 0 Å². The van der Waals surface area contributed by atoms with Crippen LogP contribution in [0.2, 0.25) is 5.02 Å². The van der Waals surface area contributed by atoms with E-state index in [9.17, 15) is 0 Å². The summed E-state index contributed by atoms with van der Waals surface area (Å²) in [6.07, 6.45) is 0. The highest BCUT2D eigenvalue weighted by molar-refractivity contribution is 6.31. The van der Waals surface area contributed by atoms with Gasteiger partial charge in [0.05, 0.1) is 0 Å². The van der Waals surface area contributed by atoms with Crippen molar-refractivity contribution in [1.29, 1.82) is 0 Å². The Morgan fingerprint density at radius 1 is 0.355 bits per heavy atom. The number of hydrogen-bond acceptors (Lipinski definition) is 0. The van der Waals surface area contributed by atoms with Gasteiger partial charge in [-0.1, -0.05) is 109 Å². The fourth-order valence-electron chi connectivity index (χ4n) is 4.71. The van der Waals surface area contributed by atoms with Gasteiger partial charge in [-0.15, -0.1) is 0 Å². The van der Waals surface area contributed by atoms with Crippen LogP contribution in [0.1, 0.15) is 0 Å². The highest BCUT2D eigenvalue weighted by atomic mass is 35.5. The lowest BCUT2D eigenvalue weighted by molar-refractivity contribution is 1.63. The minimum Gasteiger partial charge on any atom is -0.0843 e. The van der Waals surface area contributed by atoms with Gasteiger partial charge in [0.2, 0.25) is 0 Å². The summed E-state index contributed by atoms with van der Waals surface area (Å²) in [6, 6.07) is 40.9. The molecule has 0 aliphatic heterocycles. The molecule has 0 amide bonds. The Labute approximate surface area is 186 Å². The average molecular weight is 415 g/mol. The van der Waals surface area contributed by atoms with Gasteiger partial charge in [-0.2, -0.15) is 0 Å². The number of halogens is 1. The van der Waals surface area contributed by atoms with Crippen molar-refractivity contribution in [2.45, 2.75) is 0 Å². The molecule has 0 atom stereocenters. The van der Waals surface area contributed by atoms with Crippen LogP contribution < -0.4 is 0 Å². The monoisotopic (exact) mass is 414 g/mol. The lowest BCUT2D eigenvalue weighted by Crippen LogP contribution is -1.90. The first-order valence-corrected chi connectivity index (χ1v) is 10.9. The van der Waals surface area contributed by atoms with Crippen molar-refractivity contribution < 1.29 is 0 Å². The van der Waals surface area contributed by atoms with E-state index < -0.39 is 0 Å². The third kappa shape index (κ3) is 3.00. The topological polar surface area (TPSA) is 0 Å². The molecule has 0 aromatic heterocycles. The van der Waals surface area contributed by atoms with Crippen molar-refractivity contribution in [2.75, 3.05) is 0 Å². The van der Waals surface area contributed by atoms with Gasteiger partial charge >= 0.3 is 0 Å². The largest absolute Gasteiger partial charge is 0.0843 e. The zero-order valence-corrected chi connectivity index (χ0v) is 17.6. The minimum absolute atomic E-state index is 0.747. The normalized spacial score (nSPS) is 11.4. The molecular formula is C30H19Cl. The Hall–Kier alpha value is -3.61. The first-order valence-electron chi connectivity index (χ1n) is 10.5. The van der Waals surface area contributed by atoms with E-state index in [1.54, 1.807) is 0 Å². The lowest BCUT2D eigenvalue weighted by Gasteiger charge is -2.16. The van der Waals surface area contributed by atoms with Gasteiger partial charge in [-0.05, 0) is 72.8 Å². The van der Waals surface area contributed by atoms with Crippen LogP contribution in [-0.2, 0) is 0 Å². The molecule has 0 fully saturated rings. The summed E-state index contributed by atoms with van der Waals surface area (Å²) in [5.41, 5.74) is 4.79. The van der Waals surface area contributed by atoms with Crippen LogP contribution in [0.3, 0.4) is 0 Å². The molecule has 0 radical (unpaired) electrons. The quantitative estimate of drug-likeness (QED) is 0.248. The summed E-state index contributed by atoms with van der Waals surface area (Å²) in [5.74, 6) is 0. The van der Waals surface area contributed by atoms with Gasteiger partial charge in [0.15, 0.2) is 0 Å². The van der Waals surface area contributed by atoms with Gasteiger partial charge in [-0.25, -0.2) is 0 Å². The van der Waals surface area contributed by atoms with E-state index >= 15 is 0 Å². The second-order valence-electron chi connectivity index (χ2n) is 7.91. The predicted octanol–water partition coefficient (Wildman–Crippen LogP) is 9.13. The fraction of sp³-hybridized carbons (Fsp3) is 0. The Balaban J connectivity index is 1.73. The van der Waals surface area contributed by atoms with Crippen molar-refractivity contribution in [1.82, 2.24) is 0 Å². The maximum atomic E-state index is 6.52. The third-order valence-corrected chi connectivity index (χ3v) is 6.35. The molecule has 0 aliphatic rings. The maximum Gasteiger partial charge on any atom is 0.0412 e. The second-order valence-corrected chi connectivity index (χ2v) is 8.34. The van der Waals surface area contributed by atoms with E-state index in [1.807, 2.05) is 6.07 Å². The summed E-state index contributed by atoms with van der Waals surface area (Å²) in [7, 11) is 0. The van der Waals surface area contributed by atoms with Crippen LogP contribution in [0.5, 0.6) is 0 Å². The van der Waals surface area contributed by atoms with Crippen molar-refractivity contribution in [3.63, 3.8) is 0 Å². The summed E-state index contributed by atoms with van der Waals surface area (Å²) >= 11 is 6.52. The molecule has 0 bridgehead atoms. The highest BCUT2D eigenvalue weighted by Gasteiger charge is 2.15. The standard InChI is InChI=1S/C30H19Cl/c31-22-16-17-28(30(19-22)26-15-7-10-20-8-1-3-11-23(20)26)29-18-21-9-2-4-12-24(21)25-13-5-6-14-27(25)29/h1-19H. The molecule has 6 aromatic carbocycles. The average Bonchev–Trinajstić information content (AvgIpc) is 2.83. The van der Waals surface area contributed by atoms with Gasteiger partial charge in [0.25, 0.3) is 0 Å². The third-order valence-electron chi connectivity index (χ3n) is 6.12. The molecule has 1 heteroatoms. The number of fused-ring (bicyclic) bond motifs is 4. The summed E-state index contributed by atoms with van der Waals surface area (Å²) in [5, 5.41) is 8.27. The molecule has 0 N–H and O–H groups in total. The maximum absolute atomic E-state index is 6.52. The van der Waals surface area contributed by atoms with Crippen LogP contribution in [0.15, 0.2) is 115 Å². The molecule has 0 spiro atoms. The van der Waals surface area contributed by atoms with E-state index in [-0.39, 0.29) is 0 Å². The van der Waals surface area contributed by atoms with Crippen molar-refractivity contribution in [3.8, 4) is 22.3 Å². The number of hydrogen-bond donors (Lipinski definition) is 0. The molecule has 31 heavy (non-hydrogen) atoms. The van der Waals surface area contributed by atoms with Crippen molar-refractivity contribution in [2.24, 2.45) is 0 Å². The van der Waals surface area contributed by atoms with E-state index in [4.69, 9.17) is 11.6 Å². The van der Waals surface area contributed by atoms with Crippen LogP contribution in [-0.4, -0.2) is 0 Å². The number of rotatable bonds is 2. The molecule has 0 heterocycles. The molecular weight excluding hydrogens is 396 g/mol. The highest BCUT2D eigenvalue weighted by Crippen LogP contribution is 2.42. The second kappa shape index (κ2) is 7.27. The molecule has 0 saturated heterocycles. The summed E-state index contributed by atoms with van der Waals surface area (Å²) in [6.45, 7) is 0. The fourth-order valence-corrected chi connectivity index (χ4v) is 4.88. The Morgan fingerprint density at radius 2 is 1.00 bits per heavy atom. The van der Waals surface area contributed by atoms with Gasteiger partial charge in [0.1, 0.15) is 0 Å². The zero-order valence-electron chi connectivity index (χ0n) is 16.8. The zero-order chi connectivity index (χ0) is 20.8. The summed E-state index contributed by atoms with van der Waals surface area (Å²) < 4.78 is 0. The van der Waals surface area contributed by atoms with E-state index in [1.165, 1.54) is 49.0 Å². The molecule has 0 aliphatic carbocycles. The molecule has 0 saturated carbocycles. The molecule has 146 valence electrons. The number of benzene rings is 6. The van der Waals surface area contributed by atoms with E-state index in [0.29, 0.717) is 0 Å². The minimum atomic E-state index is 0.747. The smallest absolute Gasteiger partial charge is 0.0412 e. The predicted molar refractivity (Wildman–Crippen MR) is 135 cm³/mol. The first-order chi connectivity index (χ1) is 15.3.